The number of H-pyrrole nitrogens is 2. The topological polar surface area (TPSA) is 170 Å². The van der Waals surface area contributed by atoms with Gasteiger partial charge in [-0.2, -0.15) is 0 Å². The first kappa shape index (κ1) is 32.8. The van der Waals surface area contributed by atoms with Crippen LogP contribution in [0.15, 0.2) is 47.4 Å². The number of carbonyl (C=O) groups is 3. The van der Waals surface area contributed by atoms with Crippen LogP contribution in [0.1, 0.15) is 65.5 Å². The lowest BCUT2D eigenvalue weighted by Crippen LogP contribution is -2.49. The Morgan fingerprint density at radius 3 is 2.46 bits per heavy atom. The van der Waals surface area contributed by atoms with E-state index in [1.807, 2.05) is 32.0 Å². The van der Waals surface area contributed by atoms with Gasteiger partial charge >= 0.3 is 6.09 Å². The van der Waals surface area contributed by atoms with Gasteiger partial charge in [-0.15, -0.1) is 0 Å². The molecule has 1 fully saturated rings. The van der Waals surface area contributed by atoms with E-state index in [-0.39, 0.29) is 41.7 Å². The number of aromatic nitrogens is 3. The monoisotopic (exact) mass is 656 g/mol. The first-order chi connectivity index (χ1) is 22.8. The molecule has 2 aromatic heterocycles. The number of aryl methyl sites for hydroxylation is 2. The molecule has 4 aromatic rings. The molecule has 4 heterocycles. The number of carbonyl (C=O) groups excluding carboxylic acids is 3. The quantitative estimate of drug-likeness (QED) is 0.201. The van der Waals surface area contributed by atoms with Crippen molar-refractivity contribution in [3.8, 4) is 17.1 Å². The van der Waals surface area contributed by atoms with Crippen LogP contribution < -0.4 is 15.6 Å². The summed E-state index contributed by atoms with van der Waals surface area (Å²) in [5, 5.41) is 13.7. The Hall–Kier alpha value is -5.17. The summed E-state index contributed by atoms with van der Waals surface area (Å²) in [5.74, 6) is 0.120. The van der Waals surface area contributed by atoms with Crippen molar-refractivity contribution in [2.75, 3.05) is 31.6 Å². The third kappa shape index (κ3) is 6.63. The van der Waals surface area contributed by atoms with Crippen LogP contribution >= 0.6 is 0 Å². The fraction of sp³-hybridized carbons (Fsp3) is 0.400. The number of imide groups is 1. The van der Waals surface area contributed by atoms with E-state index in [2.05, 4.69) is 20.3 Å². The van der Waals surface area contributed by atoms with Crippen LogP contribution in [-0.4, -0.2) is 91.8 Å². The Balaban J connectivity index is 1.15. The number of nitrogens with one attached hydrogen (secondary N) is 3. The van der Waals surface area contributed by atoms with Crippen molar-refractivity contribution in [2.24, 2.45) is 0 Å². The summed E-state index contributed by atoms with van der Waals surface area (Å²) in [6.45, 7) is 10.3. The third-order valence-electron chi connectivity index (χ3n) is 8.49. The predicted molar refractivity (Wildman–Crippen MR) is 179 cm³/mol. The Kier molecular flexibility index (Phi) is 8.73. The highest BCUT2D eigenvalue weighted by Crippen LogP contribution is 2.33. The smallest absolute Gasteiger partial charge is 0.410 e. The first-order valence-electron chi connectivity index (χ1n) is 16.0. The maximum Gasteiger partial charge on any atom is 0.410 e. The van der Waals surface area contributed by atoms with E-state index in [0.29, 0.717) is 48.4 Å². The Morgan fingerprint density at radius 1 is 1.06 bits per heavy atom. The second-order valence-electron chi connectivity index (χ2n) is 13.4. The standard InChI is InChI=1S/C35H40N6O7/c1-19-6-7-28(20(2)14-19)47-18-22(42)17-37-25-8-11-36-31(43)29(25)30-38-26-15-23-24(16-27(26)39-30)33(45)41(32(23)44)21-9-12-40(13-10-21)34(46)48-35(3,4)5/h6-8,11,14-16,21-22,42H,9-10,12-13,17-18H2,1-5H3,(H,38,39)(H2,36,37,43). The number of fused-ring (bicyclic) bond motifs is 2. The van der Waals surface area contributed by atoms with Gasteiger partial charge in [0.2, 0.25) is 0 Å². The number of piperidine rings is 1. The lowest BCUT2D eigenvalue weighted by Gasteiger charge is -2.36. The summed E-state index contributed by atoms with van der Waals surface area (Å²) in [6.07, 6.45) is 1.11. The number of benzene rings is 2. The van der Waals surface area contributed by atoms with Gasteiger partial charge in [0.15, 0.2) is 0 Å². The van der Waals surface area contributed by atoms with Gasteiger partial charge in [0.1, 0.15) is 35.4 Å². The second kappa shape index (κ2) is 12.8. The SMILES string of the molecule is Cc1ccc(OCC(O)CNc2cc[nH]c(=O)c2-c2nc3cc4c(cc3[nH]2)C(=O)N(C2CCN(C(=O)OC(C)(C)C)CC2)C4=O)c(C)c1. The van der Waals surface area contributed by atoms with Crippen molar-refractivity contribution in [1.29, 1.82) is 0 Å². The van der Waals surface area contributed by atoms with Gasteiger partial charge in [-0.25, -0.2) is 9.78 Å². The number of amides is 3. The average Bonchev–Trinajstić information content (AvgIpc) is 3.54. The maximum absolute atomic E-state index is 13.5. The van der Waals surface area contributed by atoms with Crippen molar-refractivity contribution in [3.05, 3.63) is 75.2 Å². The second-order valence-corrected chi connectivity index (χ2v) is 13.4. The summed E-state index contributed by atoms with van der Waals surface area (Å²) in [7, 11) is 0. The molecule has 1 atom stereocenters. The highest BCUT2D eigenvalue weighted by molar-refractivity contribution is 6.23. The lowest BCUT2D eigenvalue weighted by atomic mass is 10.0. The number of pyridine rings is 1. The van der Waals surface area contributed by atoms with Gasteiger partial charge in [0.05, 0.1) is 27.8 Å². The number of likely N-dealkylation sites (tertiary alicyclic amines) is 1. The highest BCUT2D eigenvalue weighted by atomic mass is 16.6. The molecule has 252 valence electrons. The summed E-state index contributed by atoms with van der Waals surface area (Å²) in [6, 6.07) is 10.3. The Bertz CT molecular complexity index is 1900. The summed E-state index contributed by atoms with van der Waals surface area (Å²) < 4.78 is 11.3. The van der Waals surface area contributed by atoms with E-state index in [1.165, 1.54) is 11.1 Å². The number of rotatable bonds is 8. The van der Waals surface area contributed by atoms with E-state index in [1.54, 1.807) is 43.9 Å². The van der Waals surface area contributed by atoms with Gasteiger partial charge in [-0.1, -0.05) is 17.7 Å². The zero-order valence-corrected chi connectivity index (χ0v) is 27.7. The van der Waals surface area contributed by atoms with Crippen LogP contribution in [0.4, 0.5) is 10.5 Å². The molecule has 13 nitrogen and oxygen atoms in total. The molecule has 4 N–H and O–H groups in total. The van der Waals surface area contributed by atoms with E-state index in [4.69, 9.17) is 9.47 Å². The molecule has 1 saturated heterocycles. The van der Waals surface area contributed by atoms with Crippen LogP contribution in [0.5, 0.6) is 5.75 Å². The molecule has 0 radical (unpaired) electrons. The molecule has 6 rings (SSSR count). The van der Waals surface area contributed by atoms with Gasteiger partial charge in [-0.3, -0.25) is 19.3 Å². The molecule has 2 aromatic carbocycles. The largest absolute Gasteiger partial charge is 0.491 e. The summed E-state index contributed by atoms with van der Waals surface area (Å²) in [5.41, 5.74) is 3.12. The number of aliphatic hydroxyl groups excluding tert-OH is 1. The average molecular weight is 657 g/mol. The normalized spacial score (nSPS) is 16.0. The van der Waals surface area contributed by atoms with Crippen molar-refractivity contribution < 1.29 is 29.0 Å². The Labute approximate surface area is 277 Å². The number of ether oxygens (including phenoxy) is 2. The minimum Gasteiger partial charge on any atom is -0.491 e. The van der Waals surface area contributed by atoms with Crippen molar-refractivity contribution >= 4 is 34.6 Å². The van der Waals surface area contributed by atoms with E-state index in [9.17, 15) is 24.3 Å². The van der Waals surface area contributed by atoms with E-state index in [0.717, 1.165) is 11.1 Å². The van der Waals surface area contributed by atoms with Crippen LogP contribution in [0.2, 0.25) is 0 Å². The molecule has 0 bridgehead atoms. The minimum atomic E-state index is -0.874. The van der Waals surface area contributed by atoms with E-state index < -0.39 is 35.2 Å². The Morgan fingerprint density at radius 2 is 1.77 bits per heavy atom. The molecule has 2 aliphatic rings. The van der Waals surface area contributed by atoms with Crippen LogP contribution in [0.25, 0.3) is 22.4 Å². The number of anilines is 1. The molecular formula is C35H40N6O7. The van der Waals surface area contributed by atoms with Crippen LogP contribution in [0.3, 0.4) is 0 Å². The van der Waals surface area contributed by atoms with Gasteiger partial charge in [-0.05, 0) is 77.3 Å². The fourth-order valence-electron chi connectivity index (χ4n) is 6.14. The van der Waals surface area contributed by atoms with Crippen molar-refractivity contribution in [2.45, 2.75) is 65.2 Å². The minimum absolute atomic E-state index is 0.0492. The number of imidazole rings is 1. The predicted octanol–water partition coefficient (Wildman–Crippen LogP) is 4.38. The third-order valence-corrected chi connectivity index (χ3v) is 8.49. The molecule has 3 amide bonds. The number of nitrogens with zero attached hydrogens (tertiary/aromatic N) is 3. The molecular weight excluding hydrogens is 616 g/mol. The zero-order chi connectivity index (χ0) is 34.3. The van der Waals surface area contributed by atoms with Crippen LogP contribution in [0, 0.1) is 13.8 Å². The van der Waals surface area contributed by atoms with Gasteiger partial charge < -0.3 is 34.8 Å². The highest BCUT2D eigenvalue weighted by Gasteiger charge is 2.42. The fourth-order valence-corrected chi connectivity index (χ4v) is 6.14. The molecule has 1 unspecified atom stereocenters. The van der Waals surface area contributed by atoms with Crippen molar-refractivity contribution in [1.82, 2.24) is 24.8 Å². The number of hydrogen-bond acceptors (Lipinski definition) is 9. The molecule has 2 aliphatic heterocycles. The molecule has 0 saturated carbocycles. The number of hydrogen-bond donors (Lipinski definition) is 4. The van der Waals surface area contributed by atoms with Crippen molar-refractivity contribution in [3.63, 3.8) is 0 Å². The molecule has 13 heteroatoms. The van der Waals surface area contributed by atoms with Gasteiger partial charge in [0, 0.05) is 31.9 Å². The molecule has 0 spiro atoms. The maximum atomic E-state index is 13.5. The van der Waals surface area contributed by atoms with Gasteiger partial charge in [0.25, 0.3) is 17.4 Å². The summed E-state index contributed by atoms with van der Waals surface area (Å²) >= 11 is 0. The zero-order valence-electron chi connectivity index (χ0n) is 27.7. The number of aliphatic hydroxyl groups is 1. The molecule has 48 heavy (non-hydrogen) atoms. The number of aromatic amines is 2. The first-order valence-corrected chi connectivity index (χ1v) is 16.0. The van der Waals surface area contributed by atoms with E-state index >= 15 is 0 Å². The lowest BCUT2D eigenvalue weighted by molar-refractivity contribution is 0.0156. The van der Waals surface area contributed by atoms with Crippen LogP contribution in [-0.2, 0) is 4.74 Å². The molecule has 0 aliphatic carbocycles. The summed E-state index contributed by atoms with van der Waals surface area (Å²) in [4.78, 5) is 65.9.